The zero-order valence-electron chi connectivity index (χ0n) is 14.3. The van der Waals surface area contributed by atoms with Crippen LogP contribution in [0.2, 0.25) is 0 Å². The van der Waals surface area contributed by atoms with Crippen molar-refractivity contribution in [1.29, 1.82) is 0 Å². The van der Waals surface area contributed by atoms with Crippen LogP contribution in [0.1, 0.15) is 19.3 Å². The topological polar surface area (TPSA) is 37.3 Å². The van der Waals surface area contributed by atoms with Crippen LogP contribution in [0.5, 0.6) is 0 Å². The number of aliphatic carboxylic acids is 1. The minimum Gasteiger partial charge on any atom is -0.478 e. The molecule has 0 amide bonds. The van der Waals surface area contributed by atoms with E-state index in [1.807, 2.05) is 0 Å². The Kier molecular flexibility index (Phi) is 6.45. The number of carboxylic acids is 1. The van der Waals surface area contributed by atoms with E-state index in [1.54, 1.807) is 0 Å². The molecule has 0 saturated heterocycles. The highest BCUT2D eigenvalue weighted by atomic mass is 19.4. The Balaban J connectivity index is 3.45. The van der Waals surface area contributed by atoms with Crippen LogP contribution in [0, 0.1) is 5.92 Å². The molecule has 0 aromatic rings. The first-order valence-corrected chi connectivity index (χ1v) is 7.67. The molecule has 1 atom stereocenters. The fraction of sp³-hybridized carbons (Fsp3) is 0.786. The average Bonchev–Trinajstić information content (AvgIpc) is 3.00. The van der Waals surface area contributed by atoms with E-state index in [-0.39, 0.29) is 6.42 Å². The van der Waals surface area contributed by atoms with Crippen LogP contribution in [0.4, 0.5) is 65.9 Å². The van der Waals surface area contributed by atoms with Crippen molar-refractivity contribution in [3.63, 3.8) is 0 Å². The lowest BCUT2D eigenvalue weighted by Gasteiger charge is -2.41. The number of carbonyl (C=O) groups is 1. The predicted octanol–water partition coefficient (Wildman–Crippen LogP) is 6.17. The molecule has 1 aliphatic rings. The summed E-state index contributed by atoms with van der Waals surface area (Å²) in [5.41, 5.74) is -1.03. The molecule has 0 fully saturated rings. The first kappa shape index (κ1) is 27.2. The highest BCUT2D eigenvalue weighted by Gasteiger charge is 2.93. The third-order valence-corrected chi connectivity index (χ3v) is 4.46. The van der Waals surface area contributed by atoms with Crippen LogP contribution in [0.3, 0.4) is 0 Å². The normalized spacial score (nSPS) is 20.1. The maximum absolute atomic E-state index is 13.8. The molecule has 0 spiro atoms. The summed E-state index contributed by atoms with van der Waals surface area (Å²) in [6.45, 7) is 0. The van der Waals surface area contributed by atoms with Crippen molar-refractivity contribution < 1.29 is 75.8 Å². The van der Waals surface area contributed by atoms with Gasteiger partial charge in [0.1, 0.15) is 0 Å². The van der Waals surface area contributed by atoms with Crippen LogP contribution < -0.4 is 0 Å². The van der Waals surface area contributed by atoms with Crippen LogP contribution in [-0.4, -0.2) is 52.8 Å². The zero-order valence-corrected chi connectivity index (χ0v) is 14.3. The number of carboxylic acid groups (broad SMARTS) is 1. The van der Waals surface area contributed by atoms with Crippen molar-refractivity contribution in [3.05, 3.63) is 11.6 Å². The molecule has 31 heavy (non-hydrogen) atoms. The quantitative estimate of drug-likeness (QED) is 0.410. The SMILES string of the molecule is O=C(O)C1=CCCC1CC(F)(F)C(F)(F)C(F)(F)C(F)(F)C(F)(F)C(F)(F)C(F)(F)F. The van der Waals surface area contributed by atoms with Gasteiger partial charge in [-0.25, -0.2) is 4.79 Å². The molecule has 1 N–H and O–H groups in total. The van der Waals surface area contributed by atoms with Gasteiger partial charge in [-0.3, -0.25) is 0 Å². The van der Waals surface area contributed by atoms with E-state index >= 15 is 0 Å². The average molecular weight is 494 g/mol. The zero-order chi connectivity index (χ0) is 25.1. The van der Waals surface area contributed by atoms with E-state index in [0.717, 1.165) is 0 Å². The van der Waals surface area contributed by atoms with E-state index in [0.29, 0.717) is 6.08 Å². The van der Waals surface area contributed by atoms with Crippen molar-refractivity contribution in [3.8, 4) is 0 Å². The van der Waals surface area contributed by atoms with Gasteiger partial charge in [-0.2, -0.15) is 65.9 Å². The summed E-state index contributed by atoms with van der Waals surface area (Å²) in [5, 5.41) is 8.69. The standard InChI is InChI=1S/C14H9F15O2/c15-8(16,4-5-2-1-3-6(5)7(30)31)9(17,18)10(19,20)11(21,22)12(23,24)13(25,26)14(27,28)29/h3,5H,1-2,4H2,(H,30,31). The van der Waals surface area contributed by atoms with Gasteiger partial charge in [0, 0.05) is 12.0 Å². The summed E-state index contributed by atoms with van der Waals surface area (Å²) < 4.78 is 196. The summed E-state index contributed by atoms with van der Waals surface area (Å²) in [5.74, 6) is -51.0. The Labute approximate surface area is 161 Å². The van der Waals surface area contributed by atoms with Crippen molar-refractivity contribution >= 4 is 5.97 Å². The molecule has 1 aliphatic carbocycles. The van der Waals surface area contributed by atoms with E-state index in [1.165, 1.54) is 0 Å². The molecular weight excluding hydrogens is 485 g/mol. The Morgan fingerprint density at radius 2 is 1.13 bits per heavy atom. The maximum atomic E-state index is 13.8. The molecule has 1 unspecified atom stereocenters. The van der Waals surface area contributed by atoms with Gasteiger partial charge in [-0.05, 0) is 18.8 Å². The number of hydrogen-bond acceptors (Lipinski definition) is 1. The molecule has 0 aliphatic heterocycles. The smallest absolute Gasteiger partial charge is 0.460 e. The molecule has 0 bridgehead atoms. The number of halogens is 15. The van der Waals surface area contributed by atoms with Crippen molar-refractivity contribution in [2.75, 3.05) is 0 Å². The molecule has 0 radical (unpaired) electrons. The molecule has 0 aromatic heterocycles. The van der Waals surface area contributed by atoms with Crippen LogP contribution in [0.25, 0.3) is 0 Å². The first-order valence-electron chi connectivity index (χ1n) is 7.67. The minimum absolute atomic E-state index is 0.365. The molecule has 17 heteroatoms. The fourth-order valence-corrected chi connectivity index (χ4v) is 2.67. The second kappa shape index (κ2) is 7.35. The summed E-state index contributed by atoms with van der Waals surface area (Å²) in [6.07, 6.45) is -10.7. The van der Waals surface area contributed by atoms with Crippen molar-refractivity contribution in [1.82, 2.24) is 0 Å². The summed E-state index contributed by atoms with van der Waals surface area (Å²) >= 11 is 0. The van der Waals surface area contributed by atoms with Gasteiger partial charge in [-0.1, -0.05) is 6.08 Å². The summed E-state index contributed by atoms with van der Waals surface area (Å²) in [7, 11) is 0. The van der Waals surface area contributed by atoms with E-state index in [9.17, 15) is 70.7 Å². The Hall–Kier alpha value is -1.84. The Bertz CT molecular complexity index is 734. The molecule has 0 heterocycles. The lowest BCUT2D eigenvalue weighted by molar-refractivity contribution is -0.452. The second-order valence-electron chi connectivity index (χ2n) is 6.52. The van der Waals surface area contributed by atoms with E-state index in [4.69, 9.17) is 5.11 Å². The third-order valence-electron chi connectivity index (χ3n) is 4.46. The molecule has 2 nitrogen and oxygen atoms in total. The highest BCUT2D eigenvalue weighted by molar-refractivity contribution is 5.87. The monoisotopic (exact) mass is 494 g/mol. The van der Waals surface area contributed by atoms with E-state index in [2.05, 4.69) is 0 Å². The molecule has 182 valence electrons. The van der Waals surface area contributed by atoms with Crippen LogP contribution in [-0.2, 0) is 4.79 Å². The lowest BCUT2D eigenvalue weighted by Crippen LogP contribution is -2.72. The Morgan fingerprint density at radius 3 is 1.52 bits per heavy atom. The largest absolute Gasteiger partial charge is 0.478 e. The third kappa shape index (κ3) is 3.81. The Morgan fingerprint density at radius 1 is 0.742 bits per heavy atom. The maximum Gasteiger partial charge on any atom is 0.460 e. The van der Waals surface area contributed by atoms with Gasteiger partial charge in [0.2, 0.25) is 0 Å². The van der Waals surface area contributed by atoms with Gasteiger partial charge in [0.05, 0.1) is 0 Å². The van der Waals surface area contributed by atoms with E-state index < -0.39 is 72.0 Å². The number of rotatable bonds is 8. The van der Waals surface area contributed by atoms with Gasteiger partial charge >= 0.3 is 47.7 Å². The van der Waals surface area contributed by atoms with Gasteiger partial charge in [0.25, 0.3) is 0 Å². The number of allylic oxidation sites excluding steroid dienone is 1. The fourth-order valence-electron chi connectivity index (χ4n) is 2.67. The van der Waals surface area contributed by atoms with Gasteiger partial charge in [-0.15, -0.1) is 0 Å². The van der Waals surface area contributed by atoms with Gasteiger partial charge < -0.3 is 5.11 Å². The number of alkyl halides is 15. The molecule has 0 aromatic carbocycles. The van der Waals surface area contributed by atoms with Crippen LogP contribution in [0.15, 0.2) is 11.6 Å². The highest BCUT2D eigenvalue weighted by Crippen LogP contribution is 2.63. The minimum atomic E-state index is -8.34. The molecule has 0 saturated carbocycles. The molecular formula is C14H9F15O2. The van der Waals surface area contributed by atoms with Crippen LogP contribution >= 0.6 is 0 Å². The summed E-state index contributed by atoms with van der Waals surface area (Å²) in [6, 6.07) is 0. The van der Waals surface area contributed by atoms with Crippen molar-refractivity contribution in [2.45, 2.75) is 61.0 Å². The van der Waals surface area contributed by atoms with Crippen molar-refractivity contribution in [2.24, 2.45) is 5.92 Å². The second-order valence-corrected chi connectivity index (χ2v) is 6.52. The predicted molar refractivity (Wildman–Crippen MR) is 68.8 cm³/mol. The first-order chi connectivity index (χ1) is 13.4. The number of hydrogen-bond donors (Lipinski definition) is 1. The van der Waals surface area contributed by atoms with Gasteiger partial charge in [0.15, 0.2) is 0 Å². The molecule has 1 rings (SSSR count). The lowest BCUT2D eigenvalue weighted by atomic mass is 9.86. The summed E-state index contributed by atoms with van der Waals surface area (Å²) in [4.78, 5) is 10.8.